The molecule has 1 atom stereocenters. The van der Waals surface area contributed by atoms with Gasteiger partial charge in [0, 0.05) is 21.8 Å². The summed E-state index contributed by atoms with van der Waals surface area (Å²) >= 11 is 1.36. The summed E-state index contributed by atoms with van der Waals surface area (Å²) in [7, 11) is 0. The lowest BCUT2D eigenvalue weighted by molar-refractivity contribution is -0.116. The molecule has 3 N–H and O–H groups in total. The first kappa shape index (κ1) is 28.3. The molecule has 0 aliphatic heterocycles. The topological polar surface area (TPSA) is 87.3 Å². The zero-order chi connectivity index (χ0) is 28.3. The summed E-state index contributed by atoms with van der Waals surface area (Å²) in [5.74, 6) is -1.47. The van der Waals surface area contributed by atoms with E-state index in [0.717, 1.165) is 10.5 Å². The Bertz CT molecular complexity index is 1490. The molecule has 0 saturated carbocycles. The average molecular weight is 554 g/mol. The molecule has 4 aromatic carbocycles. The number of carbonyl (C=O) groups excluding carboxylic acids is 3. The van der Waals surface area contributed by atoms with Gasteiger partial charge in [0.05, 0.1) is 5.25 Å². The van der Waals surface area contributed by atoms with Crippen molar-refractivity contribution in [2.45, 2.75) is 23.5 Å². The number of halogens is 1. The minimum absolute atomic E-state index is 0.0863. The molecule has 0 aliphatic rings. The van der Waals surface area contributed by atoms with E-state index in [-0.39, 0.29) is 17.4 Å². The van der Waals surface area contributed by atoms with Crippen molar-refractivity contribution >= 4 is 46.9 Å². The standard InChI is InChI=1S/C32H28FN3O3S/c1-2-29(32(39)34-25-18-16-24(33)17-19-25)40-27-15-9-14-26(21-27)35-31(38)28(20-22-10-5-3-6-11-22)36-30(37)23-12-7-4-8-13-23/h3-21,29H,2H2,1H3,(H,34,39)(H,35,38)(H,36,37)/b28-20-. The molecule has 1 unspecified atom stereocenters. The van der Waals surface area contributed by atoms with Crippen molar-refractivity contribution < 1.29 is 18.8 Å². The Kier molecular flexibility index (Phi) is 9.85. The van der Waals surface area contributed by atoms with Gasteiger partial charge in [-0.1, -0.05) is 61.5 Å². The number of hydrogen-bond acceptors (Lipinski definition) is 4. The molecular formula is C32H28FN3O3S. The molecule has 0 saturated heterocycles. The van der Waals surface area contributed by atoms with Gasteiger partial charge in [0.15, 0.2) is 0 Å². The van der Waals surface area contributed by atoms with Crippen LogP contribution in [0.5, 0.6) is 0 Å². The Hall–Kier alpha value is -4.69. The molecule has 4 rings (SSSR count). The van der Waals surface area contributed by atoms with E-state index in [1.165, 1.54) is 36.0 Å². The largest absolute Gasteiger partial charge is 0.325 e. The monoisotopic (exact) mass is 553 g/mol. The quantitative estimate of drug-likeness (QED) is 0.150. The van der Waals surface area contributed by atoms with E-state index in [0.29, 0.717) is 23.4 Å². The first-order valence-corrected chi connectivity index (χ1v) is 13.6. The van der Waals surface area contributed by atoms with Crippen LogP contribution in [0, 0.1) is 5.82 Å². The number of anilines is 2. The molecule has 0 bridgehead atoms. The molecule has 0 radical (unpaired) electrons. The van der Waals surface area contributed by atoms with Gasteiger partial charge < -0.3 is 16.0 Å². The Morgan fingerprint density at radius 1 is 0.800 bits per heavy atom. The maximum absolute atomic E-state index is 13.3. The lowest BCUT2D eigenvalue weighted by Crippen LogP contribution is -2.30. The van der Waals surface area contributed by atoms with Crippen LogP contribution in [0.2, 0.25) is 0 Å². The fourth-order valence-corrected chi connectivity index (χ4v) is 4.76. The van der Waals surface area contributed by atoms with Crippen LogP contribution >= 0.6 is 11.8 Å². The van der Waals surface area contributed by atoms with Gasteiger partial charge in [-0.15, -0.1) is 11.8 Å². The summed E-state index contributed by atoms with van der Waals surface area (Å²) in [4.78, 5) is 39.8. The second kappa shape index (κ2) is 13.9. The summed E-state index contributed by atoms with van der Waals surface area (Å²) in [6.45, 7) is 1.91. The minimum atomic E-state index is -0.489. The van der Waals surface area contributed by atoms with Crippen LogP contribution in [0.15, 0.2) is 120 Å². The molecule has 4 aromatic rings. The predicted octanol–water partition coefficient (Wildman–Crippen LogP) is 6.74. The highest BCUT2D eigenvalue weighted by Gasteiger charge is 2.19. The third kappa shape index (κ3) is 8.15. The molecule has 0 spiro atoms. The number of benzene rings is 4. The van der Waals surface area contributed by atoms with E-state index in [1.54, 1.807) is 48.5 Å². The summed E-state index contributed by atoms with van der Waals surface area (Å²) in [5.41, 5.74) is 2.29. The second-order valence-electron chi connectivity index (χ2n) is 8.78. The van der Waals surface area contributed by atoms with E-state index in [1.807, 2.05) is 49.4 Å². The van der Waals surface area contributed by atoms with Gasteiger partial charge in [-0.25, -0.2) is 4.39 Å². The number of thioether (sulfide) groups is 1. The summed E-state index contributed by atoms with van der Waals surface area (Å²) in [5, 5.41) is 7.99. The lowest BCUT2D eigenvalue weighted by Gasteiger charge is -2.16. The van der Waals surface area contributed by atoms with E-state index in [4.69, 9.17) is 0 Å². The molecule has 40 heavy (non-hydrogen) atoms. The molecule has 0 heterocycles. The summed E-state index contributed by atoms with van der Waals surface area (Å²) in [6.07, 6.45) is 2.17. The van der Waals surface area contributed by atoms with Crippen molar-refractivity contribution in [1.29, 1.82) is 0 Å². The van der Waals surface area contributed by atoms with Gasteiger partial charge in [0.1, 0.15) is 11.5 Å². The van der Waals surface area contributed by atoms with Crippen molar-refractivity contribution in [1.82, 2.24) is 5.32 Å². The predicted molar refractivity (Wildman–Crippen MR) is 158 cm³/mol. The van der Waals surface area contributed by atoms with Crippen molar-refractivity contribution in [2.75, 3.05) is 10.6 Å². The average Bonchev–Trinajstić information content (AvgIpc) is 2.98. The fourth-order valence-electron chi connectivity index (χ4n) is 3.75. The summed E-state index contributed by atoms with van der Waals surface area (Å²) < 4.78 is 13.2. The maximum Gasteiger partial charge on any atom is 0.272 e. The zero-order valence-electron chi connectivity index (χ0n) is 21.8. The molecule has 0 fully saturated rings. The lowest BCUT2D eigenvalue weighted by atomic mass is 10.1. The van der Waals surface area contributed by atoms with E-state index in [9.17, 15) is 18.8 Å². The van der Waals surface area contributed by atoms with Gasteiger partial charge in [-0.2, -0.15) is 0 Å². The first-order valence-electron chi connectivity index (χ1n) is 12.7. The van der Waals surface area contributed by atoms with Crippen molar-refractivity contribution in [3.63, 3.8) is 0 Å². The highest BCUT2D eigenvalue weighted by molar-refractivity contribution is 8.00. The third-order valence-electron chi connectivity index (χ3n) is 5.78. The van der Waals surface area contributed by atoms with Gasteiger partial charge in [-0.05, 0) is 72.7 Å². The second-order valence-corrected chi connectivity index (χ2v) is 10.1. The Morgan fingerprint density at radius 2 is 1.48 bits per heavy atom. The number of hydrogen-bond donors (Lipinski definition) is 3. The zero-order valence-corrected chi connectivity index (χ0v) is 22.6. The van der Waals surface area contributed by atoms with Crippen LogP contribution in [0.1, 0.15) is 29.3 Å². The van der Waals surface area contributed by atoms with Gasteiger partial charge in [-0.3, -0.25) is 14.4 Å². The van der Waals surface area contributed by atoms with Gasteiger partial charge in [0.25, 0.3) is 11.8 Å². The van der Waals surface area contributed by atoms with Gasteiger partial charge in [0.2, 0.25) is 5.91 Å². The Morgan fingerprint density at radius 3 is 2.15 bits per heavy atom. The number of amides is 3. The number of carbonyl (C=O) groups is 3. The number of rotatable bonds is 10. The van der Waals surface area contributed by atoms with Crippen LogP contribution in [-0.4, -0.2) is 23.0 Å². The maximum atomic E-state index is 13.3. The third-order valence-corrected chi connectivity index (χ3v) is 7.14. The fraction of sp³-hybridized carbons (Fsp3) is 0.0938. The molecule has 6 nitrogen and oxygen atoms in total. The molecule has 8 heteroatoms. The van der Waals surface area contributed by atoms with Crippen LogP contribution in [0.25, 0.3) is 6.08 Å². The SMILES string of the molecule is CCC(Sc1cccc(NC(=O)/C(=C/c2ccccc2)NC(=O)c2ccccc2)c1)C(=O)Nc1ccc(F)cc1. The summed E-state index contributed by atoms with van der Waals surface area (Å²) in [6, 6.07) is 30.6. The van der Waals surface area contributed by atoms with Crippen LogP contribution in [0.3, 0.4) is 0 Å². The van der Waals surface area contributed by atoms with E-state index in [2.05, 4.69) is 16.0 Å². The van der Waals surface area contributed by atoms with Crippen LogP contribution < -0.4 is 16.0 Å². The Labute approximate surface area is 236 Å². The molecule has 0 aromatic heterocycles. The molecule has 202 valence electrons. The van der Waals surface area contributed by atoms with Crippen molar-refractivity contribution in [2.24, 2.45) is 0 Å². The van der Waals surface area contributed by atoms with Crippen molar-refractivity contribution in [3.8, 4) is 0 Å². The van der Waals surface area contributed by atoms with E-state index >= 15 is 0 Å². The molecule has 3 amide bonds. The van der Waals surface area contributed by atoms with E-state index < -0.39 is 17.1 Å². The first-order chi connectivity index (χ1) is 19.4. The smallest absolute Gasteiger partial charge is 0.272 e. The molecular weight excluding hydrogens is 525 g/mol. The normalized spacial score (nSPS) is 11.8. The van der Waals surface area contributed by atoms with Crippen LogP contribution in [-0.2, 0) is 9.59 Å². The van der Waals surface area contributed by atoms with Crippen molar-refractivity contribution in [3.05, 3.63) is 132 Å². The number of nitrogens with one attached hydrogen (secondary N) is 3. The van der Waals surface area contributed by atoms with Crippen LogP contribution in [0.4, 0.5) is 15.8 Å². The highest BCUT2D eigenvalue weighted by atomic mass is 32.2. The molecule has 0 aliphatic carbocycles. The van der Waals surface area contributed by atoms with Gasteiger partial charge >= 0.3 is 0 Å². The minimum Gasteiger partial charge on any atom is -0.325 e. The Balaban J connectivity index is 1.48. The highest BCUT2D eigenvalue weighted by Crippen LogP contribution is 2.29.